The minimum absolute atomic E-state index is 0.308. The van der Waals surface area contributed by atoms with E-state index < -0.39 is 0 Å². The molecular weight excluding hydrogens is 126 g/mol. The van der Waals surface area contributed by atoms with Gasteiger partial charge >= 0.3 is 0 Å². The molecule has 58 valence electrons. The summed E-state index contributed by atoms with van der Waals surface area (Å²) in [6, 6.07) is 0. The van der Waals surface area contributed by atoms with Crippen LogP contribution in [0, 0.1) is 11.8 Å². The van der Waals surface area contributed by atoms with E-state index >= 15 is 0 Å². The summed E-state index contributed by atoms with van der Waals surface area (Å²) in [4.78, 5) is 10.4. The van der Waals surface area contributed by atoms with Gasteiger partial charge in [0.2, 0.25) is 0 Å². The molecule has 0 heterocycles. The van der Waals surface area contributed by atoms with Crippen LogP contribution in [-0.4, -0.2) is 12.8 Å². The summed E-state index contributed by atoms with van der Waals surface area (Å²) in [6.07, 6.45) is 5.61. The number of carbonyl (C=O) groups is 1. The topological polar surface area (TPSA) is 43.1 Å². The Kier molecular flexibility index (Phi) is 2.87. The first-order valence-electron chi connectivity index (χ1n) is 4.02. The van der Waals surface area contributed by atoms with Crippen molar-refractivity contribution < 1.29 is 4.79 Å². The summed E-state index contributed by atoms with van der Waals surface area (Å²) in [7, 11) is 0. The van der Waals surface area contributed by atoms with E-state index in [1.807, 2.05) is 0 Å². The fraction of sp³-hybridized carbons (Fsp3) is 0.875. The van der Waals surface area contributed by atoms with Crippen molar-refractivity contribution in [1.82, 2.24) is 0 Å². The largest absolute Gasteiger partial charge is 0.330 e. The fourth-order valence-electron chi connectivity index (χ4n) is 1.67. The first-order chi connectivity index (χ1) is 4.86. The Morgan fingerprint density at radius 3 is 2.90 bits per heavy atom. The van der Waals surface area contributed by atoms with Crippen LogP contribution in [0.5, 0.6) is 0 Å². The normalized spacial score (nSPS) is 33.7. The van der Waals surface area contributed by atoms with Gasteiger partial charge in [0.25, 0.3) is 0 Å². The van der Waals surface area contributed by atoms with Crippen LogP contribution in [0.4, 0.5) is 0 Å². The monoisotopic (exact) mass is 141 g/mol. The minimum Gasteiger partial charge on any atom is -0.330 e. The van der Waals surface area contributed by atoms with Crippen LogP contribution in [0.3, 0.4) is 0 Å². The van der Waals surface area contributed by atoms with Crippen LogP contribution in [0.15, 0.2) is 0 Å². The van der Waals surface area contributed by atoms with Gasteiger partial charge in [-0.05, 0) is 31.7 Å². The maximum Gasteiger partial charge on any atom is 0.123 e. The Balaban J connectivity index is 2.31. The molecule has 0 aromatic heterocycles. The molecule has 0 aliphatic heterocycles. The Hall–Kier alpha value is -0.370. The Labute approximate surface area is 61.8 Å². The lowest BCUT2D eigenvalue weighted by Gasteiger charge is -2.24. The van der Waals surface area contributed by atoms with Crippen molar-refractivity contribution >= 4 is 6.29 Å². The second kappa shape index (κ2) is 3.71. The predicted molar refractivity (Wildman–Crippen MR) is 40.6 cm³/mol. The number of carbonyl (C=O) groups excluding carboxylic acids is 1. The highest BCUT2D eigenvalue weighted by molar-refractivity contribution is 5.53. The van der Waals surface area contributed by atoms with E-state index in [0.717, 1.165) is 25.7 Å². The van der Waals surface area contributed by atoms with Gasteiger partial charge < -0.3 is 10.5 Å². The van der Waals surface area contributed by atoms with E-state index in [4.69, 9.17) is 5.73 Å². The molecule has 1 fully saturated rings. The molecule has 2 atom stereocenters. The van der Waals surface area contributed by atoms with Crippen molar-refractivity contribution in [3.05, 3.63) is 0 Å². The van der Waals surface area contributed by atoms with Crippen molar-refractivity contribution in [1.29, 1.82) is 0 Å². The maximum absolute atomic E-state index is 10.4. The Morgan fingerprint density at radius 2 is 2.30 bits per heavy atom. The van der Waals surface area contributed by atoms with Gasteiger partial charge in [0, 0.05) is 5.92 Å². The second-order valence-corrected chi connectivity index (χ2v) is 3.16. The van der Waals surface area contributed by atoms with Gasteiger partial charge in [-0.25, -0.2) is 0 Å². The summed E-state index contributed by atoms with van der Waals surface area (Å²) in [5, 5.41) is 0. The van der Waals surface area contributed by atoms with Gasteiger partial charge in [0.15, 0.2) is 0 Å². The molecule has 2 heteroatoms. The minimum atomic E-state index is 0.308. The zero-order chi connectivity index (χ0) is 7.40. The number of hydrogen-bond donors (Lipinski definition) is 1. The van der Waals surface area contributed by atoms with E-state index in [1.54, 1.807) is 0 Å². The van der Waals surface area contributed by atoms with Crippen LogP contribution >= 0.6 is 0 Å². The molecule has 0 aromatic rings. The Morgan fingerprint density at radius 1 is 1.50 bits per heavy atom. The van der Waals surface area contributed by atoms with E-state index in [-0.39, 0.29) is 0 Å². The lowest BCUT2D eigenvalue weighted by molar-refractivity contribution is -0.112. The van der Waals surface area contributed by atoms with Gasteiger partial charge in [-0.2, -0.15) is 0 Å². The van der Waals surface area contributed by atoms with Crippen molar-refractivity contribution in [2.75, 3.05) is 6.54 Å². The third-order valence-electron chi connectivity index (χ3n) is 2.35. The van der Waals surface area contributed by atoms with E-state index in [0.29, 0.717) is 11.8 Å². The van der Waals surface area contributed by atoms with E-state index in [2.05, 4.69) is 0 Å². The highest BCUT2D eigenvalue weighted by Gasteiger charge is 2.19. The predicted octanol–water partition coefficient (Wildman–Crippen LogP) is 0.950. The molecule has 0 saturated heterocycles. The SMILES string of the molecule is NC[C@@H]1CCC[C@H](C=O)C1. The number of aldehydes is 1. The van der Waals surface area contributed by atoms with Crippen LogP contribution < -0.4 is 5.73 Å². The van der Waals surface area contributed by atoms with Gasteiger partial charge in [0.1, 0.15) is 6.29 Å². The van der Waals surface area contributed by atoms with Crippen molar-refractivity contribution in [3.8, 4) is 0 Å². The van der Waals surface area contributed by atoms with Crippen LogP contribution in [0.2, 0.25) is 0 Å². The maximum atomic E-state index is 10.4. The van der Waals surface area contributed by atoms with Gasteiger partial charge in [-0.3, -0.25) is 0 Å². The summed E-state index contributed by atoms with van der Waals surface area (Å²) < 4.78 is 0. The summed E-state index contributed by atoms with van der Waals surface area (Å²) in [6.45, 7) is 0.754. The second-order valence-electron chi connectivity index (χ2n) is 3.16. The highest BCUT2D eigenvalue weighted by Crippen LogP contribution is 2.26. The molecule has 0 radical (unpaired) electrons. The quantitative estimate of drug-likeness (QED) is 0.582. The molecular formula is C8H15NO. The average Bonchev–Trinajstić information content (AvgIpc) is 2.05. The number of hydrogen-bond acceptors (Lipinski definition) is 2. The van der Waals surface area contributed by atoms with Crippen molar-refractivity contribution in [2.24, 2.45) is 17.6 Å². The standard InChI is InChI=1S/C8H15NO/c9-5-7-2-1-3-8(4-7)6-10/h6-8H,1-5,9H2/t7-,8+/m1/s1. The molecule has 1 rings (SSSR count). The summed E-state index contributed by atoms with van der Waals surface area (Å²) in [5.74, 6) is 0.922. The summed E-state index contributed by atoms with van der Waals surface area (Å²) in [5.41, 5.74) is 5.50. The molecule has 2 N–H and O–H groups in total. The molecule has 0 bridgehead atoms. The zero-order valence-corrected chi connectivity index (χ0v) is 6.25. The Bertz CT molecular complexity index is 114. The molecule has 2 nitrogen and oxygen atoms in total. The number of nitrogens with two attached hydrogens (primary N) is 1. The average molecular weight is 141 g/mol. The number of rotatable bonds is 2. The van der Waals surface area contributed by atoms with Crippen LogP contribution in [0.25, 0.3) is 0 Å². The van der Waals surface area contributed by atoms with E-state index in [1.165, 1.54) is 12.8 Å². The fourth-order valence-corrected chi connectivity index (χ4v) is 1.67. The van der Waals surface area contributed by atoms with Gasteiger partial charge in [-0.1, -0.05) is 6.42 Å². The highest BCUT2D eigenvalue weighted by atomic mass is 16.1. The first-order valence-corrected chi connectivity index (χ1v) is 4.02. The van der Waals surface area contributed by atoms with Crippen molar-refractivity contribution in [3.63, 3.8) is 0 Å². The molecule has 0 unspecified atom stereocenters. The lowest BCUT2D eigenvalue weighted by Crippen LogP contribution is -2.22. The van der Waals surface area contributed by atoms with Gasteiger partial charge in [-0.15, -0.1) is 0 Å². The molecule has 1 saturated carbocycles. The van der Waals surface area contributed by atoms with E-state index in [9.17, 15) is 4.79 Å². The van der Waals surface area contributed by atoms with Gasteiger partial charge in [0.05, 0.1) is 0 Å². The third-order valence-corrected chi connectivity index (χ3v) is 2.35. The molecule has 1 aliphatic carbocycles. The van der Waals surface area contributed by atoms with Crippen LogP contribution in [0.1, 0.15) is 25.7 Å². The molecule has 1 aliphatic rings. The first kappa shape index (κ1) is 7.73. The molecule has 0 aromatic carbocycles. The van der Waals surface area contributed by atoms with Crippen molar-refractivity contribution in [2.45, 2.75) is 25.7 Å². The zero-order valence-electron chi connectivity index (χ0n) is 6.25. The van der Waals surface area contributed by atoms with Crippen LogP contribution in [-0.2, 0) is 4.79 Å². The molecule has 10 heavy (non-hydrogen) atoms. The third kappa shape index (κ3) is 1.81. The molecule has 0 amide bonds. The summed E-state index contributed by atoms with van der Waals surface area (Å²) >= 11 is 0. The lowest BCUT2D eigenvalue weighted by atomic mass is 9.82. The smallest absolute Gasteiger partial charge is 0.123 e. The molecule has 0 spiro atoms.